The predicted molar refractivity (Wildman–Crippen MR) is 131 cm³/mol. The Morgan fingerprint density at radius 2 is 2.00 bits per heavy atom. The molecule has 1 atom stereocenters. The predicted octanol–water partition coefficient (Wildman–Crippen LogP) is 3.14. The third kappa shape index (κ3) is 5.45. The summed E-state index contributed by atoms with van der Waals surface area (Å²) in [7, 11) is 0. The van der Waals surface area contributed by atoms with E-state index in [1.165, 1.54) is 37.9 Å². The number of amides is 1. The second-order valence-corrected chi connectivity index (χ2v) is 9.18. The number of hydrogen-bond acceptors (Lipinski definition) is 6. The molecule has 2 aliphatic rings. The van der Waals surface area contributed by atoms with Gasteiger partial charge in [-0.25, -0.2) is 9.97 Å². The van der Waals surface area contributed by atoms with Gasteiger partial charge in [-0.15, -0.1) is 0 Å². The van der Waals surface area contributed by atoms with Gasteiger partial charge in [0.1, 0.15) is 17.8 Å². The van der Waals surface area contributed by atoms with Crippen molar-refractivity contribution in [1.82, 2.24) is 25.2 Å². The van der Waals surface area contributed by atoms with E-state index >= 15 is 0 Å². The van der Waals surface area contributed by atoms with Gasteiger partial charge in [-0.1, -0.05) is 18.6 Å². The Labute approximate surface area is 194 Å². The highest BCUT2D eigenvalue weighted by atomic mass is 16.2. The smallest absolute Gasteiger partial charge is 0.239 e. The zero-order valence-corrected chi connectivity index (χ0v) is 19.1. The van der Waals surface area contributed by atoms with Gasteiger partial charge in [-0.3, -0.25) is 9.69 Å². The van der Waals surface area contributed by atoms with Crippen LogP contribution >= 0.6 is 0 Å². The fourth-order valence-corrected chi connectivity index (χ4v) is 5.01. The number of carbonyl (C=O) groups is 1. The first-order valence-corrected chi connectivity index (χ1v) is 12.1. The van der Waals surface area contributed by atoms with Crippen molar-refractivity contribution >= 4 is 28.4 Å². The first-order valence-electron chi connectivity index (χ1n) is 12.1. The Morgan fingerprint density at radius 3 is 2.91 bits per heavy atom. The summed E-state index contributed by atoms with van der Waals surface area (Å²) in [4.78, 5) is 29.4. The van der Waals surface area contributed by atoms with Crippen LogP contribution in [0.1, 0.15) is 37.7 Å². The van der Waals surface area contributed by atoms with Crippen LogP contribution in [0.2, 0.25) is 0 Å². The molecule has 1 amide bonds. The lowest BCUT2D eigenvalue weighted by molar-refractivity contribution is -0.120. The number of nitrogens with zero attached hydrogens (tertiary/aromatic N) is 4. The normalized spacial score (nSPS) is 19.5. The molecule has 1 aromatic carbocycles. The molecule has 0 radical (unpaired) electrons. The summed E-state index contributed by atoms with van der Waals surface area (Å²) in [5.74, 6) is 0.960. The van der Waals surface area contributed by atoms with Gasteiger partial charge in [0.2, 0.25) is 5.91 Å². The van der Waals surface area contributed by atoms with E-state index in [4.69, 9.17) is 0 Å². The van der Waals surface area contributed by atoms with Crippen LogP contribution < -0.4 is 15.5 Å². The van der Waals surface area contributed by atoms with Crippen LogP contribution in [0.15, 0.2) is 42.9 Å². The molecule has 5 rings (SSSR count). The quantitative estimate of drug-likeness (QED) is 0.516. The first-order chi connectivity index (χ1) is 16.2. The number of benzene rings is 1. The van der Waals surface area contributed by atoms with E-state index < -0.39 is 0 Å². The molecule has 0 saturated carbocycles. The standard InChI is InChI=1S/C25H33N7O/c33-23(15-27-20-7-4-6-19(14-20)16-31-11-2-1-3-12-31)30-21-8-5-13-32(17-21)25-22-9-10-26-24(22)28-18-29-25/h4,6-7,9-10,14,18,21,27H,1-3,5,8,11-13,15-17H2,(H,30,33)(H,26,28,29). The number of nitrogens with one attached hydrogen (secondary N) is 3. The van der Waals surface area contributed by atoms with Gasteiger partial charge in [0, 0.05) is 37.6 Å². The van der Waals surface area contributed by atoms with Crippen molar-refractivity contribution in [3.63, 3.8) is 0 Å². The van der Waals surface area contributed by atoms with Gasteiger partial charge in [-0.2, -0.15) is 0 Å². The van der Waals surface area contributed by atoms with E-state index in [1.807, 2.05) is 18.3 Å². The molecule has 2 aromatic heterocycles. The van der Waals surface area contributed by atoms with Crippen LogP contribution in [-0.2, 0) is 11.3 Å². The molecular formula is C25H33N7O. The molecule has 33 heavy (non-hydrogen) atoms. The minimum Gasteiger partial charge on any atom is -0.376 e. The number of likely N-dealkylation sites (tertiary alicyclic amines) is 1. The van der Waals surface area contributed by atoms with Crippen molar-refractivity contribution < 1.29 is 4.79 Å². The van der Waals surface area contributed by atoms with Crippen LogP contribution in [0, 0.1) is 0 Å². The van der Waals surface area contributed by atoms with Crippen LogP contribution in [0.3, 0.4) is 0 Å². The second kappa shape index (κ2) is 10.2. The van der Waals surface area contributed by atoms with E-state index in [0.717, 1.165) is 55.0 Å². The molecule has 1 unspecified atom stereocenters. The largest absolute Gasteiger partial charge is 0.376 e. The van der Waals surface area contributed by atoms with Gasteiger partial charge in [0.05, 0.1) is 11.9 Å². The van der Waals surface area contributed by atoms with Crippen LogP contribution in [-0.4, -0.2) is 64.5 Å². The Bertz CT molecular complexity index is 1080. The topological polar surface area (TPSA) is 89.2 Å². The SMILES string of the molecule is O=C(CNc1cccc(CN2CCCCC2)c1)NC1CCCN(c2ncnc3[nH]ccc23)C1. The molecule has 3 aromatic rings. The van der Waals surface area contributed by atoms with Gasteiger partial charge >= 0.3 is 0 Å². The summed E-state index contributed by atoms with van der Waals surface area (Å²) in [6.07, 6.45) is 9.43. The van der Waals surface area contributed by atoms with Gasteiger partial charge in [0.15, 0.2) is 0 Å². The number of hydrogen-bond donors (Lipinski definition) is 3. The lowest BCUT2D eigenvalue weighted by Crippen LogP contribution is -2.49. The van der Waals surface area contributed by atoms with Crippen LogP contribution in [0.5, 0.6) is 0 Å². The van der Waals surface area contributed by atoms with Gasteiger partial charge in [0.25, 0.3) is 0 Å². The molecule has 0 aliphatic carbocycles. The van der Waals surface area contributed by atoms with Crippen molar-refractivity contribution in [2.24, 2.45) is 0 Å². The third-order valence-corrected chi connectivity index (χ3v) is 6.65. The Balaban J connectivity index is 1.13. The summed E-state index contributed by atoms with van der Waals surface area (Å²) >= 11 is 0. The minimum atomic E-state index is 0.0257. The highest BCUT2D eigenvalue weighted by Crippen LogP contribution is 2.25. The summed E-state index contributed by atoms with van der Waals surface area (Å²) in [5, 5.41) is 7.54. The van der Waals surface area contributed by atoms with Crippen molar-refractivity contribution in [3.05, 3.63) is 48.4 Å². The highest BCUT2D eigenvalue weighted by Gasteiger charge is 2.24. The second-order valence-electron chi connectivity index (χ2n) is 9.18. The van der Waals surface area contributed by atoms with Crippen molar-refractivity contribution in [2.75, 3.05) is 42.9 Å². The number of fused-ring (bicyclic) bond motifs is 1. The van der Waals surface area contributed by atoms with E-state index in [0.29, 0.717) is 0 Å². The van der Waals surface area contributed by atoms with Gasteiger partial charge < -0.3 is 20.5 Å². The average molecular weight is 448 g/mol. The van der Waals surface area contributed by atoms with Crippen LogP contribution in [0.4, 0.5) is 11.5 Å². The van der Waals surface area contributed by atoms with E-state index in [1.54, 1.807) is 6.33 Å². The van der Waals surface area contributed by atoms with Crippen LogP contribution in [0.25, 0.3) is 11.0 Å². The summed E-state index contributed by atoms with van der Waals surface area (Å²) < 4.78 is 0. The summed E-state index contributed by atoms with van der Waals surface area (Å²) in [6.45, 7) is 5.32. The maximum Gasteiger partial charge on any atom is 0.239 e. The summed E-state index contributed by atoms with van der Waals surface area (Å²) in [6, 6.07) is 10.6. The molecule has 2 aliphatic heterocycles. The Hall–Kier alpha value is -3.13. The minimum absolute atomic E-state index is 0.0257. The van der Waals surface area contributed by atoms with Crippen molar-refractivity contribution in [3.8, 4) is 0 Å². The zero-order chi connectivity index (χ0) is 22.5. The number of rotatable bonds is 7. The fraction of sp³-hybridized carbons (Fsp3) is 0.480. The van der Waals surface area contributed by atoms with Crippen molar-refractivity contribution in [2.45, 2.75) is 44.7 Å². The number of piperidine rings is 2. The molecule has 8 nitrogen and oxygen atoms in total. The zero-order valence-electron chi connectivity index (χ0n) is 19.1. The number of H-pyrrole nitrogens is 1. The molecule has 8 heteroatoms. The first kappa shape index (κ1) is 21.7. The lowest BCUT2D eigenvalue weighted by atomic mass is 10.1. The number of aromatic nitrogens is 3. The lowest BCUT2D eigenvalue weighted by Gasteiger charge is -2.34. The van der Waals surface area contributed by atoms with Crippen molar-refractivity contribution in [1.29, 1.82) is 0 Å². The Kier molecular flexibility index (Phi) is 6.71. The maximum absolute atomic E-state index is 12.7. The molecule has 2 saturated heterocycles. The Morgan fingerprint density at radius 1 is 1.09 bits per heavy atom. The molecule has 4 heterocycles. The van der Waals surface area contributed by atoms with E-state index in [9.17, 15) is 4.79 Å². The monoisotopic (exact) mass is 447 g/mol. The third-order valence-electron chi connectivity index (χ3n) is 6.65. The van der Waals surface area contributed by atoms with E-state index in [-0.39, 0.29) is 18.5 Å². The molecule has 0 spiro atoms. The molecular weight excluding hydrogens is 414 g/mol. The number of anilines is 2. The fourth-order valence-electron chi connectivity index (χ4n) is 5.01. The maximum atomic E-state index is 12.7. The summed E-state index contributed by atoms with van der Waals surface area (Å²) in [5.41, 5.74) is 3.14. The molecule has 2 fully saturated rings. The van der Waals surface area contributed by atoms with Gasteiger partial charge in [-0.05, 0) is 62.5 Å². The number of aromatic amines is 1. The average Bonchev–Trinajstić information content (AvgIpc) is 3.33. The highest BCUT2D eigenvalue weighted by molar-refractivity contribution is 5.87. The molecule has 3 N–H and O–H groups in total. The molecule has 0 bridgehead atoms. The number of carbonyl (C=O) groups excluding carboxylic acids is 1. The van der Waals surface area contributed by atoms with E-state index in [2.05, 4.69) is 53.6 Å². The molecule has 174 valence electrons.